The summed E-state index contributed by atoms with van der Waals surface area (Å²) in [5.74, 6) is -2.22. The Morgan fingerprint density at radius 2 is 1.68 bits per heavy atom. The number of halogens is 2. The second kappa shape index (κ2) is 7.33. The van der Waals surface area contributed by atoms with Crippen LogP contribution in [0.4, 0.5) is 8.78 Å². The van der Waals surface area contributed by atoms with Crippen molar-refractivity contribution in [1.82, 2.24) is 9.80 Å². The van der Waals surface area contributed by atoms with Gasteiger partial charge in [-0.2, -0.15) is 0 Å². The smallest absolute Gasteiger partial charge is 0.254 e. The summed E-state index contributed by atoms with van der Waals surface area (Å²) in [5, 5.41) is 0. The molecule has 1 aromatic carbocycles. The van der Waals surface area contributed by atoms with Crippen LogP contribution in [0.1, 0.15) is 36.5 Å². The molecule has 22 heavy (non-hydrogen) atoms. The summed E-state index contributed by atoms with van der Waals surface area (Å²) >= 11 is 0. The molecule has 120 valence electrons. The summed E-state index contributed by atoms with van der Waals surface area (Å²) in [6.45, 7) is 3.83. The maximum Gasteiger partial charge on any atom is 0.254 e. The maximum atomic E-state index is 13.2. The highest BCUT2D eigenvalue weighted by Crippen LogP contribution is 2.13. The van der Waals surface area contributed by atoms with Gasteiger partial charge in [0.2, 0.25) is 5.91 Å². The second-order valence-electron chi connectivity index (χ2n) is 5.41. The highest BCUT2D eigenvalue weighted by Gasteiger charge is 2.24. The van der Waals surface area contributed by atoms with Crippen molar-refractivity contribution in [3.8, 4) is 0 Å². The van der Waals surface area contributed by atoms with Crippen LogP contribution in [0, 0.1) is 11.6 Å². The molecule has 0 N–H and O–H groups in total. The third-order valence-electron chi connectivity index (χ3n) is 3.83. The lowest BCUT2D eigenvalue weighted by Crippen LogP contribution is -2.50. The Hall–Kier alpha value is -1.98. The molecule has 1 heterocycles. The number of unbranched alkanes of at least 4 members (excludes halogenated alkanes) is 1. The Kier molecular flexibility index (Phi) is 5.46. The van der Waals surface area contributed by atoms with E-state index in [9.17, 15) is 18.4 Å². The summed E-state index contributed by atoms with van der Waals surface area (Å²) in [7, 11) is 0. The van der Waals surface area contributed by atoms with Gasteiger partial charge in [0.05, 0.1) is 0 Å². The molecule has 0 atom stereocenters. The maximum absolute atomic E-state index is 13.2. The largest absolute Gasteiger partial charge is 0.339 e. The van der Waals surface area contributed by atoms with Crippen LogP contribution in [0.15, 0.2) is 18.2 Å². The van der Waals surface area contributed by atoms with E-state index in [0.29, 0.717) is 32.6 Å². The number of carbonyl (C=O) groups excluding carboxylic acids is 2. The first kappa shape index (κ1) is 16.4. The van der Waals surface area contributed by atoms with Crippen molar-refractivity contribution in [2.24, 2.45) is 0 Å². The second-order valence-corrected chi connectivity index (χ2v) is 5.41. The van der Waals surface area contributed by atoms with E-state index in [1.165, 1.54) is 6.07 Å². The molecular formula is C16H20F2N2O2. The first-order valence-electron chi connectivity index (χ1n) is 7.55. The lowest BCUT2D eigenvalue weighted by molar-refractivity contribution is -0.132. The normalized spacial score (nSPS) is 15.0. The third-order valence-corrected chi connectivity index (χ3v) is 3.83. The zero-order valence-corrected chi connectivity index (χ0v) is 12.6. The van der Waals surface area contributed by atoms with Gasteiger partial charge in [0.25, 0.3) is 5.91 Å². The molecule has 4 nitrogen and oxygen atoms in total. The van der Waals surface area contributed by atoms with E-state index in [1.54, 1.807) is 9.80 Å². The number of nitrogens with zero attached hydrogens (tertiary/aromatic N) is 2. The number of rotatable bonds is 4. The van der Waals surface area contributed by atoms with Crippen LogP contribution in [0.5, 0.6) is 0 Å². The minimum Gasteiger partial charge on any atom is -0.339 e. The molecule has 0 spiro atoms. The van der Waals surface area contributed by atoms with Crippen molar-refractivity contribution >= 4 is 11.8 Å². The van der Waals surface area contributed by atoms with Gasteiger partial charge in [-0.25, -0.2) is 8.78 Å². The van der Waals surface area contributed by atoms with Gasteiger partial charge in [0.15, 0.2) is 11.6 Å². The molecule has 6 heteroatoms. The van der Waals surface area contributed by atoms with E-state index < -0.39 is 11.6 Å². The minimum absolute atomic E-state index is 0.113. The van der Waals surface area contributed by atoms with Gasteiger partial charge >= 0.3 is 0 Å². The molecular weight excluding hydrogens is 290 g/mol. The molecule has 2 amide bonds. The van der Waals surface area contributed by atoms with Gasteiger partial charge in [0.1, 0.15) is 0 Å². The SMILES string of the molecule is CCCCC(=O)N1CCN(C(=O)c2ccc(F)c(F)c2)CC1. The minimum atomic E-state index is -1.03. The summed E-state index contributed by atoms with van der Waals surface area (Å²) in [4.78, 5) is 27.5. The predicted octanol–water partition coefficient (Wildman–Crippen LogP) is 2.44. The number of hydrogen-bond donors (Lipinski definition) is 0. The fourth-order valence-corrected chi connectivity index (χ4v) is 2.46. The zero-order valence-electron chi connectivity index (χ0n) is 12.6. The van der Waals surface area contributed by atoms with Gasteiger partial charge in [-0.3, -0.25) is 9.59 Å². The molecule has 1 aliphatic rings. The number of piperazine rings is 1. The molecule has 0 bridgehead atoms. The Labute approximate surface area is 128 Å². The summed E-state index contributed by atoms with van der Waals surface area (Å²) in [6.07, 6.45) is 2.38. The van der Waals surface area contributed by atoms with Gasteiger partial charge < -0.3 is 9.80 Å². The fraction of sp³-hybridized carbons (Fsp3) is 0.500. The van der Waals surface area contributed by atoms with Crippen molar-refractivity contribution in [2.75, 3.05) is 26.2 Å². The van der Waals surface area contributed by atoms with Gasteiger partial charge in [-0.1, -0.05) is 13.3 Å². The van der Waals surface area contributed by atoms with Crippen LogP contribution in [0.3, 0.4) is 0 Å². The predicted molar refractivity (Wildman–Crippen MR) is 78.4 cm³/mol. The van der Waals surface area contributed by atoms with Crippen LogP contribution in [0.2, 0.25) is 0 Å². The quantitative estimate of drug-likeness (QED) is 0.857. The summed E-state index contributed by atoms with van der Waals surface area (Å²) in [6, 6.07) is 3.14. The zero-order chi connectivity index (χ0) is 16.1. The average molecular weight is 310 g/mol. The number of benzene rings is 1. The monoisotopic (exact) mass is 310 g/mol. The molecule has 0 unspecified atom stereocenters. The van der Waals surface area contributed by atoms with E-state index >= 15 is 0 Å². The standard InChI is InChI=1S/C16H20F2N2O2/c1-2-3-4-15(21)19-7-9-20(10-8-19)16(22)12-5-6-13(17)14(18)11-12/h5-6,11H,2-4,7-10H2,1H3. The van der Waals surface area contributed by atoms with Crippen LogP contribution in [-0.4, -0.2) is 47.8 Å². The molecule has 0 aromatic heterocycles. The van der Waals surface area contributed by atoms with Gasteiger partial charge in [0, 0.05) is 38.2 Å². The van der Waals surface area contributed by atoms with Crippen LogP contribution >= 0.6 is 0 Å². The molecule has 0 aliphatic carbocycles. The Morgan fingerprint density at radius 3 is 2.27 bits per heavy atom. The van der Waals surface area contributed by atoms with E-state index in [2.05, 4.69) is 0 Å². The molecule has 1 saturated heterocycles. The van der Waals surface area contributed by atoms with Crippen molar-refractivity contribution in [3.05, 3.63) is 35.4 Å². The van der Waals surface area contributed by atoms with Crippen LogP contribution < -0.4 is 0 Å². The van der Waals surface area contributed by atoms with Crippen molar-refractivity contribution in [2.45, 2.75) is 26.2 Å². The van der Waals surface area contributed by atoms with E-state index in [0.717, 1.165) is 25.0 Å². The number of hydrogen-bond acceptors (Lipinski definition) is 2. The van der Waals surface area contributed by atoms with Gasteiger partial charge in [-0.05, 0) is 24.6 Å². The molecule has 1 aliphatic heterocycles. The van der Waals surface area contributed by atoms with Crippen molar-refractivity contribution in [3.63, 3.8) is 0 Å². The van der Waals surface area contributed by atoms with E-state index in [-0.39, 0.29) is 17.4 Å². The number of amides is 2. The molecule has 1 aromatic rings. The average Bonchev–Trinajstić information content (AvgIpc) is 2.54. The highest BCUT2D eigenvalue weighted by atomic mass is 19.2. The number of carbonyl (C=O) groups is 2. The molecule has 0 radical (unpaired) electrons. The molecule has 2 rings (SSSR count). The first-order valence-corrected chi connectivity index (χ1v) is 7.55. The fourth-order valence-electron chi connectivity index (χ4n) is 2.46. The lowest BCUT2D eigenvalue weighted by Gasteiger charge is -2.35. The van der Waals surface area contributed by atoms with Crippen LogP contribution in [-0.2, 0) is 4.79 Å². The Bertz CT molecular complexity index is 555. The first-order chi connectivity index (χ1) is 10.5. The topological polar surface area (TPSA) is 40.6 Å². The lowest BCUT2D eigenvalue weighted by atomic mass is 10.1. The van der Waals surface area contributed by atoms with Gasteiger partial charge in [-0.15, -0.1) is 0 Å². The van der Waals surface area contributed by atoms with Crippen molar-refractivity contribution in [1.29, 1.82) is 0 Å². The van der Waals surface area contributed by atoms with Crippen LogP contribution in [0.25, 0.3) is 0 Å². The highest BCUT2D eigenvalue weighted by molar-refractivity contribution is 5.94. The molecule has 0 saturated carbocycles. The van der Waals surface area contributed by atoms with Crippen molar-refractivity contribution < 1.29 is 18.4 Å². The van der Waals surface area contributed by atoms with E-state index in [4.69, 9.17) is 0 Å². The summed E-state index contributed by atoms with van der Waals surface area (Å²) < 4.78 is 26.1. The third kappa shape index (κ3) is 3.81. The Balaban J connectivity index is 1.92. The molecule has 1 fully saturated rings. The Morgan fingerprint density at radius 1 is 1.05 bits per heavy atom. The summed E-state index contributed by atoms with van der Waals surface area (Å²) in [5.41, 5.74) is 0.129. The van der Waals surface area contributed by atoms with E-state index in [1.807, 2.05) is 6.92 Å².